The summed E-state index contributed by atoms with van der Waals surface area (Å²) in [5.74, 6) is 0.544. The monoisotopic (exact) mass is 355 g/mol. The average molecular weight is 355 g/mol. The van der Waals surface area contributed by atoms with Crippen molar-refractivity contribution in [1.29, 1.82) is 0 Å². The molecule has 26 heavy (non-hydrogen) atoms. The molecule has 0 bridgehead atoms. The number of carbonyl (C=O) groups is 1. The number of carbonyl (C=O) groups excluding carboxylic acids is 1. The van der Waals surface area contributed by atoms with E-state index in [9.17, 15) is 9.90 Å². The molecule has 1 aromatic heterocycles. The van der Waals surface area contributed by atoms with Crippen LogP contribution in [-0.2, 0) is 11.3 Å². The number of ether oxygens (including phenoxy) is 1. The smallest absolute Gasteiger partial charge is 0.255 e. The number of phenols is 1. The molecule has 6 nitrogen and oxygen atoms in total. The molecule has 0 unspecified atom stereocenters. The van der Waals surface area contributed by atoms with E-state index in [1.165, 1.54) is 12.8 Å². The molecular weight excluding hydrogens is 330 g/mol. The van der Waals surface area contributed by atoms with Gasteiger partial charge in [0.05, 0.1) is 17.8 Å². The molecule has 138 valence electrons. The van der Waals surface area contributed by atoms with Crippen molar-refractivity contribution in [2.75, 3.05) is 6.61 Å². The molecule has 1 saturated carbocycles. The SMILES string of the molecule is Cc1ccc(C(=O)N[C@@H]2CCO[C@H]2c2cnn(CC3CC3)c2)c(O)c1C. The van der Waals surface area contributed by atoms with Crippen molar-refractivity contribution in [2.45, 2.75) is 51.8 Å². The van der Waals surface area contributed by atoms with Crippen molar-refractivity contribution in [2.24, 2.45) is 5.92 Å². The minimum Gasteiger partial charge on any atom is -0.507 e. The summed E-state index contributed by atoms with van der Waals surface area (Å²) in [6, 6.07) is 3.40. The van der Waals surface area contributed by atoms with E-state index in [1.807, 2.05) is 37.0 Å². The standard InChI is InChI=1S/C20H25N3O3/c1-12-3-6-16(18(24)13(12)2)20(25)22-17-7-8-26-19(17)15-9-21-23(11-15)10-14-4-5-14/h3,6,9,11,14,17,19,24H,4-5,7-8,10H2,1-2H3,(H,22,25)/t17-,19+/m1/s1. The fourth-order valence-corrected chi connectivity index (χ4v) is 3.49. The minimum absolute atomic E-state index is 0.0511. The van der Waals surface area contributed by atoms with E-state index < -0.39 is 0 Å². The van der Waals surface area contributed by atoms with E-state index in [4.69, 9.17) is 4.74 Å². The number of benzene rings is 1. The topological polar surface area (TPSA) is 76.4 Å². The molecule has 4 rings (SSSR count). The molecule has 0 spiro atoms. The fourth-order valence-electron chi connectivity index (χ4n) is 3.49. The Kier molecular flexibility index (Phi) is 4.44. The molecule has 2 aromatic rings. The zero-order valence-electron chi connectivity index (χ0n) is 15.2. The van der Waals surface area contributed by atoms with Crippen LogP contribution in [0.5, 0.6) is 5.75 Å². The number of aromatic hydroxyl groups is 1. The van der Waals surface area contributed by atoms with Gasteiger partial charge in [0.1, 0.15) is 11.9 Å². The van der Waals surface area contributed by atoms with E-state index in [1.54, 1.807) is 6.07 Å². The highest BCUT2D eigenvalue weighted by molar-refractivity contribution is 5.97. The minimum atomic E-state index is -0.267. The van der Waals surface area contributed by atoms with E-state index in [0.717, 1.165) is 35.6 Å². The summed E-state index contributed by atoms with van der Waals surface area (Å²) in [5, 5.41) is 17.8. The van der Waals surface area contributed by atoms with Gasteiger partial charge in [-0.2, -0.15) is 5.10 Å². The first kappa shape index (κ1) is 17.1. The average Bonchev–Trinajstić information content (AvgIpc) is 3.11. The quantitative estimate of drug-likeness (QED) is 0.865. The lowest BCUT2D eigenvalue weighted by Gasteiger charge is -2.19. The molecule has 1 aliphatic heterocycles. The third-order valence-corrected chi connectivity index (χ3v) is 5.48. The van der Waals surface area contributed by atoms with Crippen molar-refractivity contribution < 1.29 is 14.6 Å². The third kappa shape index (κ3) is 3.33. The highest BCUT2D eigenvalue weighted by atomic mass is 16.5. The summed E-state index contributed by atoms with van der Waals surface area (Å²) < 4.78 is 7.84. The molecule has 2 aliphatic rings. The zero-order chi connectivity index (χ0) is 18.3. The maximum absolute atomic E-state index is 12.7. The first-order chi connectivity index (χ1) is 12.5. The normalized spacial score (nSPS) is 22.5. The number of hydrogen-bond donors (Lipinski definition) is 2. The summed E-state index contributed by atoms with van der Waals surface area (Å²) in [6.45, 7) is 5.29. The van der Waals surface area contributed by atoms with Crippen LogP contribution < -0.4 is 5.32 Å². The molecular formula is C20H25N3O3. The van der Waals surface area contributed by atoms with Crippen LogP contribution >= 0.6 is 0 Å². The first-order valence-corrected chi connectivity index (χ1v) is 9.27. The molecule has 1 aliphatic carbocycles. The first-order valence-electron chi connectivity index (χ1n) is 9.27. The van der Waals surface area contributed by atoms with Gasteiger partial charge >= 0.3 is 0 Å². The summed E-state index contributed by atoms with van der Waals surface area (Å²) >= 11 is 0. The summed E-state index contributed by atoms with van der Waals surface area (Å²) in [7, 11) is 0. The van der Waals surface area contributed by atoms with Crippen LogP contribution in [0.25, 0.3) is 0 Å². The predicted octanol–water partition coefficient (Wildman–Crippen LogP) is 2.88. The van der Waals surface area contributed by atoms with Crippen molar-refractivity contribution in [1.82, 2.24) is 15.1 Å². The van der Waals surface area contributed by atoms with Gasteiger partial charge in [-0.15, -0.1) is 0 Å². The Hall–Kier alpha value is -2.34. The molecule has 1 saturated heterocycles. The van der Waals surface area contributed by atoms with Crippen LogP contribution in [0.1, 0.15) is 52.4 Å². The largest absolute Gasteiger partial charge is 0.507 e. The summed E-state index contributed by atoms with van der Waals surface area (Å²) in [5.41, 5.74) is 3.00. The number of rotatable bonds is 5. The van der Waals surface area contributed by atoms with Gasteiger partial charge in [-0.25, -0.2) is 0 Å². The highest BCUT2D eigenvalue weighted by Gasteiger charge is 2.33. The van der Waals surface area contributed by atoms with Gasteiger partial charge in [0.15, 0.2) is 0 Å². The molecule has 1 amide bonds. The number of nitrogens with zero attached hydrogens (tertiary/aromatic N) is 2. The maximum atomic E-state index is 12.7. The van der Waals surface area contributed by atoms with Gasteiger partial charge in [0.2, 0.25) is 0 Å². The maximum Gasteiger partial charge on any atom is 0.255 e. The third-order valence-electron chi connectivity index (χ3n) is 5.48. The van der Waals surface area contributed by atoms with E-state index >= 15 is 0 Å². The number of hydrogen-bond acceptors (Lipinski definition) is 4. The lowest BCUT2D eigenvalue weighted by Crippen LogP contribution is -2.36. The lowest BCUT2D eigenvalue weighted by atomic mass is 10.0. The molecule has 2 atom stereocenters. The van der Waals surface area contributed by atoms with Crippen LogP contribution in [0.3, 0.4) is 0 Å². The fraction of sp³-hybridized carbons (Fsp3) is 0.500. The van der Waals surface area contributed by atoms with E-state index in [0.29, 0.717) is 12.2 Å². The van der Waals surface area contributed by atoms with E-state index in [2.05, 4.69) is 10.4 Å². The second-order valence-electron chi connectivity index (χ2n) is 7.50. The second-order valence-corrected chi connectivity index (χ2v) is 7.50. The Morgan fingerprint density at radius 3 is 2.92 bits per heavy atom. The number of aromatic nitrogens is 2. The Balaban J connectivity index is 1.47. The van der Waals surface area contributed by atoms with Crippen molar-refractivity contribution in [3.05, 3.63) is 46.8 Å². The predicted molar refractivity (Wildman–Crippen MR) is 97.1 cm³/mol. The van der Waals surface area contributed by atoms with Gasteiger partial charge in [0.25, 0.3) is 5.91 Å². The number of phenolic OH excluding ortho intramolecular Hbond substituents is 1. The van der Waals surface area contributed by atoms with Gasteiger partial charge in [-0.3, -0.25) is 9.48 Å². The molecule has 2 heterocycles. The van der Waals surface area contributed by atoms with Gasteiger partial charge < -0.3 is 15.2 Å². The van der Waals surface area contributed by atoms with Crippen LogP contribution in [0.15, 0.2) is 24.5 Å². The molecule has 1 aromatic carbocycles. The highest BCUT2D eigenvalue weighted by Crippen LogP contribution is 2.33. The Morgan fingerprint density at radius 2 is 2.15 bits per heavy atom. The van der Waals surface area contributed by atoms with Gasteiger partial charge in [-0.05, 0) is 56.2 Å². The van der Waals surface area contributed by atoms with Crippen LogP contribution in [0.2, 0.25) is 0 Å². The van der Waals surface area contributed by atoms with Gasteiger partial charge in [-0.1, -0.05) is 6.07 Å². The molecule has 2 fully saturated rings. The van der Waals surface area contributed by atoms with Crippen molar-refractivity contribution in [3.8, 4) is 5.75 Å². The second kappa shape index (κ2) is 6.76. The van der Waals surface area contributed by atoms with Crippen LogP contribution in [0, 0.1) is 19.8 Å². The Labute approximate surface area is 153 Å². The lowest BCUT2D eigenvalue weighted by molar-refractivity contribution is 0.0819. The van der Waals surface area contributed by atoms with Crippen LogP contribution in [0.4, 0.5) is 0 Å². The van der Waals surface area contributed by atoms with Gasteiger partial charge in [0, 0.05) is 24.9 Å². The van der Waals surface area contributed by atoms with E-state index in [-0.39, 0.29) is 23.8 Å². The Morgan fingerprint density at radius 1 is 1.35 bits per heavy atom. The summed E-state index contributed by atoms with van der Waals surface area (Å²) in [6.07, 6.45) is 6.99. The number of nitrogens with one attached hydrogen (secondary N) is 1. The van der Waals surface area contributed by atoms with Crippen molar-refractivity contribution >= 4 is 5.91 Å². The number of aryl methyl sites for hydroxylation is 1. The summed E-state index contributed by atoms with van der Waals surface area (Å²) in [4.78, 5) is 12.7. The molecule has 2 N–H and O–H groups in total. The molecule has 6 heteroatoms. The number of amides is 1. The van der Waals surface area contributed by atoms with Crippen LogP contribution in [-0.4, -0.2) is 33.4 Å². The zero-order valence-corrected chi connectivity index (χ0v) is 15.2. The Bertz CT molecular complexity index is 826. The van der Waals surface area contributed by atoms with Crippen molar-refractivity contribution in [3.63, 3.8) is 0 Å². The molecule has 0 radical (unpaired) electrons.